The van der Waals surface area contributed by atoms with E-state index in [9.17, 15) is 9.59 Å². The first-order valence-corrected chi connectivity index (χ1v) is 3.98. The third kappa shape index (κ3) is 3.15. The molecule has 5 heteroatoms. The van der Waals surface area contributed by atoms with Crippen LogP contribution < -0.4 is 0 Å². The highest BCUT2D eigenvalue weighted by atomic mass is 17.2. The summed E-state index contributed by atoms with van der Waals surface area (Å²) in [5.74, 6) is -1.66. The summed E-state index contributed by atoms with van der Waals surface area (Å²) >= 11 is 0. The lowest BCUT2D eigenvalue weighted by Gasteiger charge is -2.00. The number of phenols is 1. The number of hydrogen-bond acceptors (Lipinski definition) is 5. The monoisotopic (exact) mass is 208 g/mol. The predicted molar refractivity (Wildman–Crippen MR) is 49.8 cm³/mol. The van der Waals surface area contributed by atoms with E-state index >= 15 is 0 Å². The molecule has 0 aliphatic rings. The molecule has 0 aliphatic heterocycles. The van der Waals surface area contributed by atoms with E-state index in [2.05, 4.69) is 16.4 Å². The van der Waals surface area contributed by atoms with Gasteiger partial charge >= 0.3 is 11.9 Å². The Morgan fingerprint density at radius 3 is 2.33 bits per heavy atom. The molecule has 0 aromatic heterocycles. The maximum absolute atomic E-state index is 11.2. The summed E-state index contributed by atoms with van der Waals surface area (Å²) in [7, 11) is 0. The molecule has 1 rings (SSSR count). The molecule has 1 aromatic carbocycles. The van der Waals surface area contributed by atoms with Crippen molar-refractivity contribution in [2.75, 3.05) is 0 Å². The standard InChI is InChI=1S/C10H8O5/c1-2-9(12)14-15-10(13)7-3-5-8(11)6-4-7/h2-6,11H,1H2. The number of phenolic OH excluding ortho intramolecular Hbond substituents is 1. The molecule has 0 amide bonds. The Morgan fingerprint density at radius 2 is 1.80 bits per heavy atom. The van der Waals surface area contributed by atoms with E-state index in [1.165, 1.54) is 24.3 Å². The highest BCUT2D eigenvalue weighted by Gasteiger charge is 2.09. The molecule has 78 valence electrons. The molecule has 0 saturated carbocycles. The molecule has 0 unspecified atom stereocenters. The molecule has 0 spiro atoms. The Hall–Kier alpha value is -2.30. The summed E-state index contributed by atoms with van der Waals surface area (Å²) in [6.45, 7) is 3.12. The number of hydrogen-bond donors (Lipinski definition) is 1. The van der Waals surface area contributed by atoms with Crippen molar-refractivity contribution in [1.82, 2.24) is 0 Å². The van der Waals surface area contributed by atoms with Gasteiger partial charge in [0, 0.05) is 6.08 Å². The van der Waals surface area contributed by atoms with Gasteiger partial charge in [-0.1, -0.05) is 6.58 Å². The summed E-state index contributed by atoms with van der Waals surface area (Å²) < 4.78 is 0. The van der Waals surface area contributed by atoms with E-state index in [1.54, 1.807) is 0 Å². The van der Waals surface area contributed by atoms with Gasteiger partial charge in [-0.15, -0.1) is 0 Å². The van der Waals surface area contributed by atoms with Crippen LogP contribution in [0.1, 0.15) is 10.4 Å². The van der Waals surface area contributed by atoms with Crippen LogP contribution >= 0.6 is 0 Å². The number of benzene rings is 1. The lowest BCUT2D eigenvalue weighted by atomic mass is 10.2. The SMILES string of the molecule is C=CC(=O)OOC(=O)c1ccc(O)cc1. The first-order valence-electron chi connectivity index (χ1n) is 3.98. The van der Waals surface area contributed by atoms with Gasteiger partial charge in [-0.3, -0.25) is 0 Å². The molecular weight excluding hydrogens is 200 g/mol. The molecular formula is C10H8O5. The Balaban J connectivity index is 2.57. The average molecular weight is 208 g/mol. The normalized spacial score (nSPS) is 9.07. The van der Waals surface area contributed by atoms with E-state index in [0.29, 0.717) is 0 Å². The largest absolute Gasteiger partial charge is 0.508 e. The van der Waals surface area contributed by atoms with Crippen molar-refractivity contribution in [3.63, 3.8) is 0 Å². The fourth-order valence-corrected chi connectivity index (χ4v) is 0.759. The summed E-state index contributed by atoms with van der Waals surface area (Å²) in [6, 6.07) is 5.29. The molecule has 0 bridgehead atoms. The smallest absolute Gasteiger partial charge is 0.386 e. The average Bonchev–Trinajstić information content (AvgIpc) is 2.26. The Labute approximate surface area is 85.5 Å². The topological polar surface area (TPSA) is 72.8 Å². The quantitative estimate of drug-likeness (QED) is 0.449. The predicted octanol–water partition coefficient (Wildman–Crippen LogP) is 1.19. The summed E-state index contributed by atoms with van der Waals surface area (Å²) in [4.78, 5) is 30.0. The number of aromatic hydroxyl groups is 1. The molecule has 0 aliphatic carbocycles. The molecule has 1 N–H and O–H groups in total. The summed E-state index contributed by atoms with van der Waals surface area (Å²) in [5, 5.41) is 8.94. The number of rotatable bonds is 2. The number of carbonyl (C=O) groups excluding carboxylic acids is 2. The number of carbonyl (C=O) groups is 2. The zero-order valence-corrected chi connectivity index (χ0v) is 7.67. The van der Waals surface area contributed by atoms with Crippen LogP contribution in [0.3, 0.4) is 0 Å². The van der Waals surface area contributed by atoms with E-state index in [4.69, 9.17) is 5.11 Å². The Morgan fingerprint density at radius 1 is 1.20 bits per heavy atom. The van der Waals surface area contributed by atoms with Gasteiger partial charge < -0.3 is 5.11 Å². The fourth-order valence-electron chi connectivity index (χ4n) is 0.759. The summed E-state index contributed by atoms with van der Waals surface area (Å²) in [5.41, 5.74) is 0.157. The van der Waals surface area contributed by atoms with Gasteiger partial charge in [0.1, 0.15) is 5.75 Å². The highest BCUT2D eigenvalue weighted by molar-refractivity contribution is 5.90. The maximum atomic E-state index is 11.2. The molecule has 0 fully saturated rings. The van der Waals surface area contributed by atoms with Gasteiger partial charge in [0.15, 0.2) is 0 Å². The fraction of sp³-hybridized carbons (Fsp3) is 0. The molecule has 5 nitrogen and oxygen atoms in total. The first kappa shape index (κ1) is 10.8. The second-order valence-electron chi connectivity index (χ2n) is 2.52. The molecule has 15 heavy (non-hydrogen) atoms. The van der Waals surface area contributed by atoms with Crippen molar-refractivity contribution in [1.29, 1.82) is 0 Å². The molecule has 0 radical (unpaired) electrons. The highest BCUT2D eigenvalue weighted by Crippen LogP contribution is 2.10. The van der Waals surface area contributed by atoms with Crippen LogP contribution in [0.25, 0.3) is 0 Å². The summed E-state index contributed by atoms with van der Waals surface area (Å²) in [6.07, 6.45) is 0.865. The van der Waals surface area contributed by atoms with Crippen molar-refractivity contribution < 1.29 is 24.5 Å². The van der Waals surface area contributed by atoms with Crippen LogP contribution in [0.5, 0.6) is 5.75 Å². The van der Waals surface area contributed by atoms with E-state index in [-0.39, 0.29) is 11.3 Å². The van der Waals surface area contributed by atoms with Crippen molar-refractivity contribution in [2.45, 2.75) is 0 Å². The van der Waals surface area contributed by atoms with Gasteiger partial charge in [-0.05, 0) is 24.3 Å². The van der Waals surface area contributed by atoms with Gasteiger partial charge in [-0.2, -0.15) is 0 Å². The minimum absolute atomic E-state index is 0.0228. The van der Waals surface area contributed by atoms with Crippen molar-refractivity contribution in [2.24, 2.45) is 0 Å². The minimum Gasteiger partial charge on any atom is -0.508 e. The van der Waals surface area contributed by atoms with Crippen LogP contribution in [0.2, 0.25) is 0 Å². The second-order valence-corrected chi connectivity index (χ2v) is 2.52. The van der Waals surface area contributed by atoms with Crippen molar-refractivity contribution >= 4 is 11.9 Å². The Bertz CT molecular complexity index is 379. The van der Waals surface area contributed by atoms with Crippen LogP contribution in [-0.2, 0) is 14.6 Å². The maximum Gasteiger partial charge on any atom is 0.386 e. The lowest BCUT2D eigenvalue weighted by molar-refractivity contribution is -0.228. The minimum atomic E-state index is -0.859. The molecule has 0 saturated heterocycles. The van der Waals surface area contributed by atoms with Crippen LogP contribution in [0.4, 0.5) is 0 Å². The van der Waals surface area contributed by atoms with E-state index in [1.807, 2.05) is 0 Å². The van der Waals surface area contributed by atoms with E-state index in [0.717, 1.165) is 6.08 Å². The zero-order chi connectivity index (χ0) is 11.3. The third-order valence-electron chi connectivity index (χ3n) is 1.47. The first-order chi connectivity index (χ1) is 7.13. The van der Waals surface area contributed by atoms with Gasteiger partial charge in [0.2, 0.25) is 0 Å². The van der Waals surface area contributed by atoms with Crippen molar-refractivity contribution in [3.8, 4) is 5.75 Å². The zero-order valence-electron chi connectivity index (χ0n) is 7.67. The molecule has 0 atom stereocenters. The van der Waals surface area contributed by atoms with Gasteiger partial charge in [-0.25, -0.2) is 19.4 Å². The second kappa shape index (κ2) is 4.80. The third-order valence-corrected chi connectivity index (χ3v) is 1.47. The molecule has 1 aromatic rings. The van der Waals surface area contributed by atoms with Gasteiger partial charge in [0.25, 0.3) is 0 Å². The van der Waals surface area contributed by atoms with Crippen LogP contribution in [-0.4, -0.2) is 17.0 Å². The Kier molecular flexibility index (Phi) is 3.45. The van der Waals surface area contributed by atoms with E-state index < -0.39 is 11.9 Å². The molecule has 0 heterocycles. The van der Waals surface area contributed by atoms with Crippen molar-refractivity contribution in [3.05, 3.63) is 42.5 Å². The van der Waals surface area contributed by atoms with Crippen LogP contribution in [0, 0.1) is 0 Å². The van der Waals surface area contributed by atoms with Gasteiger partial charge in [0.05, 0.1) is 5.56 Å². The van der Waals surface area contributed by atoms with Crippen LogP contribution in [0.15, 0.2) is 36.9 Å². The lowest BCUT2D eigenvalue weighted by Crippen LogP contribution is -2.09.